The molecule has 1 unspecified atom stereocenters. The fourth-order valence-electron chi connectivity index (χ4n) is 4.23. The molecule has 0 radical (unpaired) electrons. The van der Waals surface area contributed by atoms with E-state index in [0.717, 1.165) is 31.6 Å². The van der Waals surface area contributed by atoms with E-state index >= 15 is 0 Å². The van der Waals surface area contributed by atoms with E-state index in [-0.39, 0.29) is 6.61 Å². The van der Waals surface area contributed by atoms with Gasteiger partial charge in [-0.2, -0.15) is 0 Å². The molecule has 1 aromatic heterocycles. The molecule has 5 nitrogen and oxygen atoms in total. The number of aryl methyl sites for hydroxylation is 1. The zero-order valence-corrected chi connectivity index (χ0v) is 14.1. The highest BCUT2D eigenvalue weighted by molar-refractivity contribution is 5.30. The molecule has 1 saturated heterocycles. The third kappa shape index (κ3) is 3.23. The number of likely N-dealkylation sites (tertiary alicyclic amines) is 1. The molecule has 1 atom stereocenters. The second-order valence-corrected chi connectivity index (χ2v) is 7.10. The molecule has 1 aliphatic heterocycles. The monoisotopic (exact) mass is 326 g/mol. The van der Waals surface area contributed by atoms with Crippen molar-refractivity contribution in [3.63, 3.8) is 0 Å². The highest BCUT2D eigenvalue weighted by Gasteiger charge is 2.28. The number of aromatic nitrogens is 3. The van der Waals surface area contributed by atoms with Gasteiger partial charge in [-0.05, 0) is 43.2 Å². The molecule has 2 heterocycles. The number of aliphatic hydroxyl groups is 1. The summed E-state index contributed by atoms with van der Waals surface area (Å²) in [6.45, 7) is 2.43. The molecule has 2 aromatic rings. The molecule has 1 aliphatic carbocycles. The van der Waals surface area contributed by atoms with Crippen LogP contribution in [0.4, 0.5) is 0 Å². The van der Waals surface area contributed by atoms with Crippen LogP contribution >= 0.6 is 0 Å². The topological polar surface area (TPSA) is 54.2 Å². The molecule has 0 amide bonds. The van der Waals surface area contributed by atoms with Gasteiger partial charge in [-0.15, -0.1) is 5.10 Å². The average molecular weight is 326 g/mol. The van der Waals surface area contributed by atoms with E-state index in [2.05, 4.69) is 39.5 Å². The van der Waals surface area contributed by atoms with Crippen LogP contribution in [-0.4, -0.2) is 50.7 Å². The van der Waals surface area contributed by atoms with Gasteiger partial charge in [0.05, 0.1) is 11.7 Å². The highest BCUT2D eigenvalue weighted by Crippen LogP contribution is 2.29. The van der Waals surface area contributed by atoms with Crippen LogP contribution in [0.3, 0.4) is 0 Å². The SMILES string of the molecule is OCCc1cn(C2CCN(C3CCc4ccccc4C3)CC2)nn1. The van der Waals surface area contributed by atoms with E-state index in [1.165, 1.54) is 19.3 Å². The summed E-state index contributed by atoms with van der Waals surface area (Å²) in [6.07, 6.45) is 8.58. The Balaban J connectivity index is 1.34. The van der Waals surface area contributed by atoms with Gasteiger partial charge in [0.2, 0.25) is 0 Å². The van der Waals surface area contributed by atoms with Gasteiger partial charge in [0.1, 0.15) is 0 Å². The van der Waals surface area contributed by atoms with Crippen molar-refractivity contribution in [1.82, 2.24) is 19.9 Å². The van der Waals surface area contributed by atoms with Gasteiger partial charge in [-0.1, -0.05) is 29.5 Å². The van der Waals surface area contributed by atoms with Gasteiger partial charge >= 0.3 is 0 Å². The van der Waals surface area contributed by atoms with Gasteiger partial charge in [0.25, 0.3) is 0 Å². The first kappa shape index (κ1) is 15.8. The predicted octanol–water partition coefficient (Wildman–Crippen LogP) is 2.01. The number of fused-ring (bicyclic) bond motifs is 1. The predicted molar refractivity (Wildman–Crippen MR) is 92.9 cm³/mol. The maximum Gasteiger partial charge on any atom is 0.0850 e. The summed E-state index contributed by atoms with van der Waals surface area (Å²) in [5.41, 5.74) is 3.98. The van der Waals surface area contributed by atoms with Crippen molar-refractivity contribution in [2.45, 2.75) is 50.6 Å². The molecule has 0 saturated carbocycles. The van der Waals surface area contributed by atoms with Crippen LogP contribution in [-0.2, 0) is 19.3 Å². The summed E-state index contributed by atoms with van der Waals surface area (Å²) in [5.74, 6) is 0. The Morgan fingerprint density at radius 2 is 1.83 bits per heavy atom. The van der Waals surface area contributed by atoms with E-state index < -0.39 is 0 Å². The Labute approximate surface area is 143 Å². The highest BCUT2D eigenvalue weighted by atomic mass is 16.3. The first-order valence-corrected chi connectivity index (χ1v) is 9.16. The zero-order chi connectivity index (χ0) is 16.4. The molecule has 4 rings (SSSR count). The minimum Gasteiger partial charge on any atom is -0.396 e. The molecule has 0 spiro atoms. The van der Waals surface area contributed by atoms with E-state index in [9.17, 15) is 0 Å². The standard InChI is InChI=1S/C19H26N4O/c24-12-9-17-14-23(21-20-17)18-7-10-22(11-8-18)19-6-5-15-3-1-2-4-16(15)13-19/h1-4,14,18-19,24H,5-13H2. The fraction of sp³-hybridized carbons (Fsp3) is 0.579. The first-order chi connectivity index (χ1) is 11.8. The lowest BCUT2D eigenvalue weighted by atomic mass is 9.86. The van der Waals surface area contributed by atoms with Crippen LogP contribution in [0.5, 0.6) is 0 Å². The molecule has 0 bridgehead atoms. The van der Waals surface area contributed by atoms with Crippen LogP contribution in [0.1, 0.15) is 42.1 Å². The summed E-state index contributed by atoms with van der Waals surface area (Å²) < 4.78 is 2.01. The van der Waals surface area contributed by atoms with Crippen LogP contribution in [0, 0.1) is 0 Å². The summed E-state index contributed by atoms with van der Waals surface area (Å²) in [4.78, 5) is 2.68. The van der Waals surface area contributed by atoms with Gasteiger partial charge in [0.15, 0.2) is 0 Å². The zero-order valence-electron chi connectivity index (χ0n) is 14.1. The van der Waals surface area contributed by atoms with Crippen molar-refractivity contribution in [2.75, 3.05) is 19.7 Å². The third-order valence-corrected chi connectivity index (χ3v) is 5.64. The van der Waals surface area contributed by atoms with Crippen molar-refractivity contribution in [3.05, 3.63) is 47.3 Å². The maximum atomic E-state index is 9.00. The average Bonchev–Trinajstić information content (AvgIpc) is 3.10. The lowest BCUT2D eigenvalue weighted by molar-refractivity contribution is 0.120. The van der Waals surface area contributed by atoms with E-state index in [1.807, 2.05) is 10.9 Å². The van der Waals surface area contributed by atoms with E-state index in [0.29, 0.717) is 18.5 Å². The summed E-state index contributed by atoms with van der Waals surface area (Å²) in [6, 6.07) is 10.1. The van der Waals surface area contributed by atoms with Gasteiger partial charge in [-0.25, -0.2) is 4.68 Å². The third-order valence-electron chi connectivity index (χ3n) is 5.64. The molecule has 1 aromatic carbocycles. The summed E-state index contributed by atoms with van der Waals surface area (Å²) in [5, 5.41) is 17.4. The van der Waals surface area contributed by atoms with Crippen LogP contribution in [0.2, 0.25) is 0 Å². The van der Waals surface area contributed by atoms with Crippen molar-refractivity contribution in [1.29, 1.82) is 0 Å². The lowest BCUT2D eigenvalue weighted by Gasteiger charge is -2.39. The smallest absolute Gasteiger partial charge is 0.0850 e. The number of piperidine rings is 1. The van der Waals surface area contributed by atoms with Crippen molar-refractivity contribution in [2.24, 2.45) is 0 Å². The van der Waals surface area contributed by atoms with Crippen LogP contribution in [0.25, 0.3) is 0 Å². The summed E-state index contributed by atoms with van der Waals surface area (Å²) in [7, 11) is 0. The summed E-state index contributed by atoms with van der Waals surface area (Å²) >= 11 is 0. The van der Waals surface area contributed by atoms with Gasteiger partial charge in [-0.3, -0.25) is 4.90 Å². The molecule has 5 heteroatoms. The minimum atomic E-state index is 0.139. The second kappa shape index (κ2) is 7.03. The van der Waals surface area contributed by atoms with Crippen molar-refractivity contribution in [3.8, 4) is 0 Å². The normalized spacial score (nSPS) is 22.5. The quantitative estimate of drug-likeness (QED) is 0.934. The number of benzene rings is 1. The largest absolute Gasteiger partial charge is 0.396 e. The van der Waals surface area contributed by atoms with E-state index in [1.54, 1.807) is 11.1 Å². The first-order valence-electron chi connectivity index (χ1n) is 9.16. The lowest BCUT2D eigenvalue weighted by Crippen LogP contribution is -2.44. The van der Waals surface area contributed by atoms with Crippen LogP contribution < -0.4 is 0 Å². The maximum absolute atomic E-state index is 9.00. The molecule has 1 fully saturated rings. The number of nitrogens with zero attached hydrogens (tertiary/aromatic N) is 4. The Kier molecular flexibility index (Phi) is 4.63. The van der Waals surface area contributed by atoms with Crippen LogP contribution in [0.15, 0.2) is 30.5 Å². The second-order valence-electron chi connectivity index (χ2n) is 7.10. The molecule has 128 valence electrons. The number of hydrogen-bond acceptors (Lipinski definition) is 4. The fourth-order valence-corrected chi connectivity index (χ4v) is 4.23. The molecule has 1 N–H and O–H groups in total. The van der Waals surface area contributed by atoms with Gasteiger partial charge in [0, 0.05) is 38.4 Å². The molecular formula is C19H26N4O. The van der Waals surface area contributed by atoms with Crippen molar-refractivity contribution < 1.29 is 5.11 Å². The van der Waals surface area contributed by atoms with Crippen molar-refractivity contribution >= 4 is 0 Å². The molecular weight excluding hydrogens is 300 g/mol. The van der Waals surface area contributed by atoms with Gasteiger partial charge < -0.3 is 5.11 Å². The molecule has 2 aliphatic rings. The number of rotatable bonds is 4. The number of aliphatic hydroxyl groups excluding tert-OH is 1. The molecule has 24 heavy (non-hydrogen) atoms. The Hall–Kier alpha value is -1.72. The Morgan fingerprint density at radius 1 is 1.04 bits per heavy atom. The minimum absolute atomic E-state index is 0.139. The Bertz CT molecular complexity index is 676. The van der Waals surface area contributed by atoms with E-state index in [4.69, 9.17) is 5.11 Å². The number of hydrogen-bond donors (Lipinski definition) is 1. The Morgan fingerprint density at radius 3 is 2.62 bits per heavy atom.